The van der Waals surface area contributed by atoms with E-state index in [-0.39, 0.29) is 17.6 Å². The van der Waals surface area contributed by atoms with Crippen molar-refractivity contribution in [1.82, 2.24) is 4.90 Å². The minimum absolute atomic E-state index is 0.102. The van der Waals surface area contributed by atoms with Crippen LogP contribution >= 0.6 is 0 Å². The number of benzene rings is 2. The molecule has 25 heavy (non-hydrogen) atoms. The minimum Gasteiger partial charge on any atom is -0.490 e. The zero-order valence-corrected chi connectivity index (χ0v) is 13.5. The van der Waals surface area contributed by atoms with Crippen LogP contribution in [0.3, 0.4) is 0 Å². The monoisotopic (exact) mass is 345 g/mol. The van der Waals surface area contributed by atoms with Gasteiger partial charge in [0.25, 0.3) is 5.91 Å². The Morgan fingerprint density at radius 1 is 1.08 bits per heavy atom. The molecule has 0 radical (unpaired) electrons. The Morgan fingerprint density at radius 2 is 1.80 bits per heavy atom. The topological polar surface area (TPSA) is 46.6 Å². The molecule has 0 saturated carbocycles. The molecule has 1 aliphatic rings. The predicted octanol–water partition coefficient (Wildman–Crippen LogP) is 3.46. The van der Waals surface area contributed by atoms with Crippen molar-refractivity contribution < 1.29 is 23.1 Å². The maximum Gasteiger partial charge on any atom is 0.253 e. The average molecular weight is 345 g/mol. The molecule has 3 rings (SSSR count). The van der Waals surface area contributed by atoms with Gasteiger partial charge in [-0.3, -0.25) is 9.59 Å². The number of piperidine rings is 1. The van der Waals surface area contributed by atoms with Crippen LogP contribution < -0.4 is 4.74 Å². The van der Waals surface area contributed by atoms with E-state index in [1.165, 1.54) is 6.07 Å². The summed E-state index contributed by atoms with van der Waals surface area (Å²) in [5, 5.41) is 0. The Balaban J connectivity index is 1.60. The fraction of sp³-hybridized carbons (Fsp3) is 0.263. The lowest BCUT2D eigenvalue weighted by atomic mass is 10.1. The predicted molar refractivity (Wildman–Crippen MR) is 87.7 cm³/mol. The largest absolute Gasteiger partial charge is 0.490 e. The van der Waals surface area contributed by atoms with E-state index >= 15 is 0 Å². The zero-order chi connectivity index (χ0) is 17.8. The number of para-hydroxylation sites is 1. The summed E-state index contributed by atoms with van der Waals surface area (Å²) in [5.74, 6) is -1.81. The molecular weight excluding hydrogens is 328 g/mol. The molecule has 2 aromatic carbocycles. The van der Waals surface area contributed by atoms with Crippen molar-refractivity contribution in [3.8, 4) is 5.75 Å². The second-order valence-corrected chi connectivity index (χ2v) is 5.89. The first kappa shape index (κ1) is 17.1. The fourth-order valence-corrected chi connectivity index (χ4v) is 2.85. The highest BCUT2D eigenvalue weighted by atomic mass is 19.2. The fourth-order valence-electron chi connectivity index (χ4n) is 2.85. The van der Waals surface area contributed by atoms with Crippen molar-refractivity contribution in [2.45, 2.75) is 18.9 Å². The number of hydrogen-bond donors (Lipinski definition) is 0. The first-order valence-corrected chi connectivity index (χ1v) is 8.03. The lowest BCUT2D eigenvalue weighted by Crippen LogP contribution is -2.41. The van der Waals surface area contributed by atoms with Crippen molar-refractivity contribution >= 4 is 12.2 Å². The molecule has 6 heteroatoms. The van der Waals surface area contributed by atoms with Crippen molar-refractivity contribution in [3.05, 3.63) is 65.2 Å². The van der Waals surface area contributed by atoms with E-state index in [1.54, 1.807) is 29.2 Å². The molecule has 1 amide bonds. The molecule has 0 aromatic heterocycles. The second-order valence-electron chi connectivity index (χ2n) is 5.89. The van der Waals surface area contributed by atoms with Crippen LogP contribution in [0.1, 0.15) is 33.6 Å². The molecule has 0 aliphatic carbocycles. The van der Waals surface area contributed by atoms with E-state index in [1.807, 2.05) is 0 Å². The molecule has 1 heterocycles. The molecule has 1 aliphatic heterocycles. The van der Waals surface area contributed by atoms with Crippen molar-refractivity contribution in [1.29, 1.82) is 0 Å². The summed E-state index contributed by atoms with van der Waals surface area (Å²) in [5.41, 5.74) is 0.618. The van der Waals surface area contributed by atoms with Gasteiger partial charge in [-0.25, -0.2) is 8.78 Å². The van der Waals surface area contributed by atoms with Gasteiger partial charge in [0.15, 0.2) is 17.9 Å². The lowest BCUT2D eigenvalue weighted by molar-refractivity contribution is 0.0594. The van der Waals surface area contributed by atoms with Crippen LogP contribution in [-0.2, 0) is 0 Å². The van der Waals surface area contributed by atoms with Crippen LogP contribution in [0.15, 0.2) is 42.5 Å². The molecule has 0 unspecified atom stereocenters. The van der Waals surface area contributed by atoms with Gasteiger partial charge in [-0.05, 0) is 30.3 Å². The first-order chi connectivity index (χ1) is 12.1. The Bertz CT molecular complexity index is 786. The van der Waals surface area contributed by atoms with Crippen LogP contribution in [0.5, 0.6) is 5.75 Å². The zero-order valence-electron chi connectivity index (χ0n) is 13.5. The number of rotatable bonds is 4. The highest BCUT2D eigenvalue weighted by molar-refractivity contribution is 5.94. The van der Waals surface area contributed by atoms with E-state index in [9.17, 15) is 18.4 Å². The highest BCUT2D eigenvalue weighted by Crippen LogP contribution is 2.23. The van der Waals surface area contributed by atoms with E-state index in [4.69, 9.17) is 4.74 Å². The normalized spacial score (nSPS) is 15.0. The third kappa shape index (κ3) is 3.84. The Kier molecular flexibility index (Phi) is 5.07. The minimum atomic E-state index is -1.03. The van der Waals surface area contributed by atoms with Gasteiger partial charge in [0, 0.05) is 31.5 Å². The summed E-state index contributed by atoms with van der Waals surface area (Å²) in [7, 11) is 0. The second kappa shape index (κ2) is 7.42. The van der Waals surface area contributed by atoms with E-state index in [2.05, 4.69) is 0 Å². The summed E-state index contributed by atoms with van der Waals surface area (Å²) in [6.07, 6.45) is 1.84. The Morgan fingerprint density at radius 3 is 2.48 bits per heavy atom. The van der Waals surface area contributed by atoms with Gasteiger partial charge in [0.1, 0.15) is 11.9 Å². The third-order valence-corrected chi connectivity index (χ3v) is 4.24. The maximum absolute atomic E-state index is 13.3. The van der Waals surface area contributed by atoms with Gasteiger partial charge >= 0.3 is 0 Å². The molecular formula is C19H17F2NO3. The van der Waals surface area contributed by atoms with Crippen LogP contribution in [0.4, 0.5) is 8.78 Å². The Labute approximate surface area is 144 Å². The summed E-state index contributed by atoms with van der Waals surface area (Å²) in [6, 6.07) is 10.1. The summed E-state index contributed by atoms with van der Waals surface area (Å²) in [4.78, 5) is 25.0. The number of amides is 1. The quantitative estimate of drug-likeness (QED) is 0.797. The van der Waals surface area contributed by atoms with Crippen LogP contribution in [0.2, 0.25) is 0 Å². The summed E-state index contributed by atoms with van der Waals surface area (Å²) in [6.45, 7) is 0.900. The number of carbonyl (C=O) groups is 2. The SMILES string of the molecule is O=Cc1ccccc1OC1CCN(C(=O)c2ccc(F)c(F)c2)CC1. The maximum atomic E-state index is 13.3. The van der Waals surface area contributed by atoms with Crippen LogP contribution in [0, 0.1) is 11.6 Å². The van der Waals surface area contributed by atoms with Crippen molar-refractivity contribution in [2.75, 3.05) is 13.1 Å². The highest BCUT2D eigenvalue weighted by Gasteiger charge is 2.25. The molecule has 130 valence electrons. The molecule has 0 atom stereocenters. The number of ether oxygens (including phenoxy) is 1. The number of carbonyl (C=O) groups excluding carboxylic acids is 2. The standard InChI is InChI=1S/C19H17F2NO3/c20-16-6-5-13(11-17(16)21)19(24)22-9-7-15(8-10-22)25-18-4-2-1-3-14(18)12-23/h1-6,11-12,15H,7-10H2. The summed E-state index contributed by atoms with van der Waals surface area (Å²) < 4.78 is 32.1. The molecule has 0 N–H and O–H groups in total. The molecule has 2 aromatic rings. The number of likely N-dealkylation sites (tertiary alicyclic amines) is 1. The van der Waals surface area contributed by atoms with Crippen LogP contribution in [0.25, 0.3) is 0 Å². The summed E-state index contributed by atoms with van der Waals surface area (Å²) >= 11 is 0. The van der Waals surface area contributed by atoms with Gasteiger partial charge in [-0.2, -0.15) is 0 Å². The first-order valence-electron chi connectivity index (χ1n) is 8.03. The molecule has 4 nitrogen and oxygen atoms in total. The number of nitrogens with zero attached hydrogens (tertiary/aromatic N) is 1. The lowest BCUT2D eigenvalue weighted by Gasteiger charge is -2.32. The van der Waals surface area contributed by atoms with Gasteiger partial charge in [-0.1, -0.05) is 12.1 Å². The van der Waals surface area contributed by atoms with Gasteiger partial charge in [0.05, 0.1) is 5.56 Å². The number of aldehydes is 1. The Hall–Kier alpha value is -2.76. The van der Waals surface area contributed by atoms with E-state index < -0.39 is 11.6 Å². The van der Waals surface area contributed by atoms with E-state index in [0.29, 0.717) is 37.2 Å². The molecule has 0 spiro atoms. The molecule has 0 bridgehead atoms. The van der Waals surface area contributed by atoms with Gasteiger partial charge < -0.3 is 9.64 Å². The van der Waals surface area contributed by atoms with Gasteiger partial charge in [0.2, 0.25) is 0 Å². The van der Waals surface area contributed by atoms with E-state index in [0.717, 1.165) is 18.4 Å². The average Bonchev–Trinajstić information content (AvgIpc) is 2.64. The number of halogens is 2. The number of hydrogen-bond acceptors (Lipinski definition) is 3. The van der Waals surface area contributed by atoms with Crippen molar-refractivity contribution in [3.63, 3.8) is 0 Å². The molecule has 1 saturated heterocycles. The smallest absolute Gasteiger partial charge is 0.253 e. The third-order valence-electron chi connectivity index (χ3n) is 4.24. The molecule has 1 fully saturated rings. The van der Waals surface area contributed by atoms with Crippen molar-refractivity contribution in [2.24, 2.45) is 0 Å². The van der Waals surface area contributed by atoms with Gasteiger partial charge in [-0.15, -0.1) is 0 Å². The van der Waals surface area contributed by atoms with Crippen LogP contribution in [-0.4, -0.2) is 36.3 Å².